The van der Waals surface area contributed by atoms with Gasteiger partial charge in [-0.3, -0.25) is 10.1 Å². The van der Waals surface area contributed by atoms with Crippen LogP contribution in [0.25, 0.3) is 0 Å². The van der Waals surface area contributed by atoms with Gasteiger partial charge in [0.2, 0.25) is 5.95 Å². The van der Waals surface area contributed by atoms with E-state index in [1.807, 2.05) is 30.3 Å². The molecule has 0 aliphatic rings. The fraction of sp³-hybridized carbons (Fsp3) is 0.154. The van der Waals surface area contributed by atoms with Gasteiger partial charge in [0.25, 0.3) is 5.91 Å². The Morgan fingerprint density at radius 1 is 1.29 bits per heavy atom. The van der Waals surface area contributed by atoms with E-state index in [1.165, 1.54) is 11.0 Å². The van der Waals surface area contributed by atoms with Crippen molar-refractivity contribution in [2.45, 2.75) is 6.04 Å². The highest BCUT2D eigenvalue weighted by molar-refractivity contribution is 5.94. The molecule has 2 aromatic heterocycles. The molecule has 1 N–H and O–H groups in total. The van der Waals surface area contributed by atoms with Crippen molar-refractivity contribution >= 4 is 11.9 Å². The van der Waals surface area contributed by atoms with E-state index in [-0.39, 0.29) is 5.91 Å². The molecule has 0 saturated heterocycles. The second-order valence-corrected chi connectivity index (χ2v) is 4.45. The smallest absolute Gasteiger partial charge is 0.256 e. The lowest BCUT2D eigenvalue weighted by molar-refractivity contribution is -0.118. The molecule has 1 unspecified atom stereocenters. The Kier molecular flexibility index (Phi) is 3.42. The van der Waals surface area contributed by atoms with E-state index in [1.54, 1.807) is 24.0 Å². The van der Waals surface area contributed by atoms with E-state index < -0.39 is 6.04 Å². The molecule has 0 fully saturated rings. The summed E-state index contributed by atoms with van der Waals surface area (Å²) in [6.07, 6.45) is 4.78. The highest BCUT2D eigenvalue weighted by atomic mass is 16.2. The van der Waals surface area contributed by atoms with Crippen LogP contribution in [0.15, 0.2) is 49.1 Å². The maximum Gasteiger partial charge on any atom is 0.256 e. The fourth-order valence-corrected chi connectivity index (χ4v) is 2.01. The number of benzene rings is 1. The largest absolute Gasteiger partial charge is 0.320 e. The second kappa shape index (κ2) is 5.53. The Hall–Kier alpha value is -3.03. The number of anilines is 1. The average Bonchev–Trinajstić information content (AvgIpc) is 3.14. The lowest BCUT2D eigenvalue weighted by Gasteiger charge is -2.16. The zero-order chi connectivity index (χ0) is 14.7. The number of nitrogens with zero attached hydrogens (tertiary/aromatic N) is 6. The van der Waals surface area contributed by atoms with Crippen LogP contribution in [-0.2, 0) is 11.8 Å². The number of amides is 1. The van der Waals surface area contributed by atoms with Crippen LogP contribution < -0.4 is 5.32 Å². The van der Waals surface area contributed by atoms with Crippen LogP contribution in [0.2, 0.25) is 0 Å². The predicted molar refractivity (Wildman–Crippen MR) is 74.2 cm³/mol. The molecule has 106 valence electrons. The number of aromatic nitrogens is 6. The SMILES string of the molecule is Cn1ccnc1NC(=O)C(c1ccccc1)n1cnnn1. The Balaban J connectivity index is 1.93. The molecule has 0 aliphatic carbocycles. The molecule has 3 aromatic rings. The lowest BCUT2D eigenvalue weighted by atomic mass is 10.1. The zero-order valence-electron chi connectivity index (χ0n) is 11.3. The number of rotatable bonds is 4. The number of aryl methyl sites for hydroxylation is 1. The van der Waals surface area contributed by atoms with Crippen molar-refractivity contribution in [1.82, 2.24) is 29.8 Å². The maximum atomic E-state index is 12.6. The molecule has 1 amide bonds. The number of tetrazole rings is 1. The second-order valence-electron chi connectivity index (χ2n) is 4.45. The normalized spacial score (nSPS) is 12.0. The molecule has 1 atom stereocenters. The monoisotopic (exact) mass is 283 g/mol. The van der Waals surface area contributed by atoms with Crippen LogP contribution in [0.4, 0.5) is 5.95 Å². The number of carbonyl (C=O) groups is 1. The summed E-state index contributed by atoms with van der Waals surface area (Å²) in [7, 11) is 1.80. The molecular weight excluding hydrogens is 270 g/mol. The van der Waals surface area contributed by atoms with Gasteiger partial charge in [0.1, 0.15) is 6.33 Å². The van der Waals surface area contributed by atoms with E-state index in [0.717, 1.165) is 5.56 Å². The van der Waals surface area contributed by atoms with Crippen LogP contribution in [0, 0.1) is 0 Å². The highest BCUT2D eigenvalue weighted by Gasteiger charge is 2.24. The van der Waals surface area contributed by atoms with Gasteiger partial charge in [-0.25, -0.2) is 9.67 Å². The first-order valence-corrected chi connectivity index (χ1v) is 6.31. The van der Waals surface area contributed by atoms with Crippen LogP contribution >= 0.6 is 0 Å². The third kappa shape index (κ3) is 2.64. The summed E-state index contributed by atoms with van der Waals surface area (Å²) in [6.45, 7) is 0. The molecule has 0 radical (unpaired) electrons. The van der Waals surface area contributed by atoms with Crippen molar-refractivity contribution in [1.29, 1.82) is 0 Å². The first kappa shape index (κ1) is 13.0. The number of hydrogen-bond acceptors (Lipinski definition) is 5. The van der Waals surface area contributed by atoms with Crippen molar-refractivity contribution in [3.8, 4) is 0 Å². The van der Waals surface area contributed by atoms with Gasteiger partial charge in [-0.1, -0.05) is 30.3 Å². The standard InChI is InChI=1S/C13H13N7O/c1-19-8-7-14-13(19)16-12(21)11(20-9-15-17-18-20)10-5-3-2-4-6-10/h2-9,11H,1H3,(H,14,16,21). The van der Waals surface area contributed by atoms with Gasteiger partial charge in [-0.05, 0) is 16.0 Å². The van der Waals surface area contributed by atoms with Gasteiger partial charge in [0.05, 0.1) is 0 Å². The Morgan fingerprint density at radius 2 is 2.10 bits per heavy atom. The number of nitrogens with one attached hydrogen (secondary N) is 1. The molecule has 3 rings (SSSR count). The third-order valence-electron chi connectivity index (χ3n) is 3.05. The Morgan fingerprint density at radius 3 is 2.71 bits per heavy atom. The molecule has 8 heteroatoms. The molecule has 1 aromatic carbocycles. The van der Waals surface area contributed by atoms with E-state index in [0.29, 0.717) is 5.95 Å². The molecule has 2 heterocycles. The van der Waals surface area contributed by atoms with Crippen LogP contribution in [0.3, 0.4) is 0 Å². The van der Waals surface area contributed by atoms with Gasteiger partial charge in [0, 0.05) is 19.4 Å². The Labute approximate surface area is 120 Å². The molecule has 0 spiro atoms. The van der Waals surface area contributed by atoms with Crippen molar-refractivity contribution < 1.29 is 4.79 Å². The first-order chi connectivity index (χ1) is 10.3. The minimum absolute atomic E-state index is 0.261. The van der Waals surface area contributed by atoms with E-state index in [2.05, 4.69) is 25.8 Å². The summed E-state index contributed by atoms with van der Waals surface area (Å²) in [4.78, 5) is 16.7. The summed E-state index contributed by atoms with van der Waals surface area (Å²) >= 11 is 0. The van der Waals surface area contributed by atoms with Crippen molar-refractivity contribution in [3.05, 3.63) is 54.6 Å². The van der Waals surface area contributed by atoms with E-state index >= 15 is 0 Å². The summed E-state index contributed by atoms with van der Waals surface area (Å²) in [6, 6.07) is 8.66. The minimum Gasteiger partial charge on any atom is -0.320 e. The van der Waals surface area contributed by atoms with E-state index in [9.17, 15) is 4.79 Å². The van der Waals surface area contributed by atoms with Gasteiger partial charge < -0.3 is 4.57 Å². The maximum absolute atomic E-state index is 12.6. The highest BCUT2D eigenvalue weighted by Crippen LogP contribution is 2.18. The summed E-state index contributed by atoms with van der Waals surface area (Å²) in [5.41, 5.74) is 0.788. The van der Waals surface area contributed by atoms with Gasteiger partial charge in [0.15, 0.2) is 6.04 Å². The zero-order valence-corrected chi connectivity index (χ0v) is 11.3. The summed E-state index contributed by atoms with van der Waals surface area (Å²) < 4.78 is 3.13. The number of hydrogen-bond donors (Lipinski definition) is 1. The van der Waals surface area contributed by atoms with Gasteiger partial charge in [-0.15, -0.1) is 5.10 Å². The van der Waals surface area contributed by atoms with Crippen LogP contribution in [-0.4, -0.2) is 35.7 Å². The van der Waals surface area contributed by atoms with Crippen LogP contribution in [0.5, 0.6) is 0 Å². The lowest BCUT2D eigenvalue weighted by Crippen LogP contribution is -2.28. The van der Waals surface area contributed by atoms with E-state index in [4.69, 9.17) is 0 Å². The van der Waals surface area contributed by atoms with Gasteiger partial charge in [-0.2, -0.15) is 0 Å². The first-order valence-electron chi connectivity index (χ1n) is 6.31. The molecule has 0 bridgehead atoms. The van der Waals surface area contributed by atoms with Crippen molar-refractivity contribution in [3.63, 3.8) is 0 Å². The third-order valence-corrected chi connectivity index (χ3v) is 3.05. The quantitative estimate of drug-likeness (QED) is 0.758. The molecule has 0 aliphatic heterocycles. The topological polar surface area (TPSA) is 90.5 Å². The molecule has 21 heavy (non-hydrogen) atoms. The average molecular weight is 283 g/mol. The molecule has 8 nitrogen and oxygen atoms in total. The van der Waals surface area contributed by atoms with Crippen LogP contribution in [0.1, 0.15) is 11.6 Å². The summed E-state index contributed by atoms with van der Waals surface area (Å²) in [5, 5.41) is 13.8. The van der Waals surface area contributed by atoms with Crippen molar-refractivity contribution in [2.24, 2.45) is 7.05 Å². The van der Waals surface area contributed by atoms with Gasteiger partial charge >= 0.3 is 0 Å². The number of imidazole rings is 1. The van der Waals surface area contributed by atoms with Crippen molar-refractivity contribution in [2.75, 3.05) is 5.32 Å². The Bertz CT molecular complexity index is 720. The predicted octanol–water partition coefficient (Wildman–Crippen LogP) is 0.635. The summed E-state index contributed by atoms with van der Waals surface area (Å²) in [5.74, 6) is 0.205. The minimum atomic E-state index is -0.655. The molecular formula is C13H13N7O. The molecule has 0 saturated carbocycles. The number of carbonyl (C=O) groups excluding carboxylic acids is 1. The fourth-order valence-electron chi connectivity index (χ4n) is 2.01.